The van der Waals surface area contributed by atoms with Gasteiger partial charge in [-0.1, -0.05) is 12.1 Å². The minimum absolute atomic E-state index is 0.0399. The maximum atomic E-state index is 11.3. The smallest absolute Gasteiger partial charge is 0.348 e. The van der Waals surface area contributed by atoms with E-state index in [1.54, 1.807) is 19.2 Å². The molecule has 2 aromatic carbocycles. The Hall–Kier alpha value is -2.88. The number of hydrogen-bond donors (Lipinski definition) is 3. The normalized spacial score (nSPS) is 12.0. The molecule has 0 saturated carbocycles. The second-order valence-electron chi connectivity index (χ2n) is 6.62. The number of ether oxygens (including phenoxy) is 2. The molecule has 1 amide bonds. The van der Waals surface area contributed by atoms with Crippen molar-refractivity contribution in [3.8, 4) is 5.75 Å². The van der Waals surface area contributed by atoms with Crippen molar-refractivity contribution in [3.63, 3.8) is 0 Å². The van der Waals surface area contributed by atoms with Crippen LogP contribution >= 0.6 is 11.3 Å². The van der Waals surface area contributed by atoms with Crippen molar-refractivity contribution < 1.29 is 36.0 Å². The van der Waals surface area contributed by atoms with Gasteiger partial charge in [-0.2, -0.15) is 0 Å². The number of anilines is 1. The van der Waals surface area contributed by atoms with E-state index >= 15 is 0 Å². The van der Waals surface area contributed by atoms with Gasteiger partial charge < -0.3 is 9.47 Å². The Morgan fingerprint density at radius 1 is 1.06 bits per heavy atom. The number of rotatable bonds is 7. The van der Waals surface area contributed by atoms with E-state index in [0.717, 1.165) is 17.0 Å². The van der Waals surface area contributed by atoms with Crippen LogP contribution in [0.25, 0.3) is 0 Å². The Morgan fingerprint density at radius 2 is 1.76 bits per heavy atom. The van der Waals surface area contributed by atoms with Crippen molar-refractivity contribution in [3.05, 3.63) is 76.0 Å². The van der Waals surface area contributed by atoms with Crippen molar-refractivity contribution in [2.24, 2.45) is 0 Å². The van der Waals surface area contributed by atoms with Crippen LogP contribution in [0.1, 0.15) is 27.0 Å². The molecule has 0 saturated heterocycles. The van der Waals surface area contributed by atoms with Crippen molar-refractivity contribution in [1.82, 2.24) is 0 Å². The molecule has 1 aromatic heterocycles. The molecular formula is C22H24AsNO8S. The average Bonchev–Trinajstić information content (AvgIpc) is 3.27. The minimum Gasteiger partial charge on any atom is -0.497 e. The first kappa shape index (κ1) is 26.4. The van der Waals surface area contributed by atoms with Crippen LogP contribution in [0, 0.1) is 0 Å². The molecule has 11 heteroatoms. The topological polar surface area (TPSA) is 131 Å². The summed E-state index contributed by atoms with van der Waals surface area (Å²) in [7, 11) is 3.04. The van der Waals surface area contributed by atoms with Gasteiger partial charge in [-0.05, 0) is 29.8 Å². The van der Waals surface area contributed by atoms with Crippen LogP contribution in [0.5, 0.6) is 5.75 Å². The van der Waals surface area contributed by atoms with Crippen LogP contribution in [-0.2, 0) is 23.6 Å². The third kappa shape index (κ3) is 8.19. The average molecular weight is 537 g/mol. The molecule has 0 aliphatic rings. The zero-order chi connectivity index (χ0) is 24.4. The van der Waals surface area contributed by atoms with E-state index in [4.69, 9.17) is 9.99 Å². The number of nitrogens with one attached hydrogen (secondary N) is 1. The number of thiophene rings is 1. The molecule has 0 radical (unpaired) electrons. The van der Waals surface area contributed by atoms with E-state index in [1.807, 2.05) is 30.3 Å². The summed E-state index contributed by atoms with van der Waals surface area (Å²) in [6.07, 6.45) is 0.811. The van der Waals surface area contributed by atoms with Gasteiger partial charge in [0.25, 0.3) is 0 Å². The Balaban J connectivity index is 0.000000238. The Labute approximate surface area is 197 Å². The fourth-order valence-electron chi connectivity index (χ4n) is 2.64. The quantitative estimate of drug-likeness (QED) is 0.182. The summed E-state index contributed by atoms with van der Waals surface area (Å²) in [4.78, 5) is 23.8. The van der Waals surface area contributed by atoms with Gasteiger partial charge in [-0.3, -0.25) is 0 Å². The van der Waals surface area contributed by atoms with Crippen LogP contribution in [0.4, 0.5) is 5.69 Å². The van der Waals surface area contributed by atoms with E-state index in [2.05, 4.69) is 13.9 Å². The van der Waals surface area contributed by atoms with Crippen LogP contribution in [0.15, 0.2) is 60.7 Å². The van der Waals surface area contributed by atoms with Crippen LogP contribution in [-0.4, -0.2) is 49.6 Å². The third-order valence-electron chi connectivity index (χ3n) is 4.19. The first-order chi connectivity index (χ1) is 15.7. The van der Waals surface area contributed by atoms with E-state index < -0.39 is 14.2 Å². The fourth-order valence-corrected chi connectivity index (χ4v) is 5.01. The van der Waals surface area contributed by atoms with Gasteiger partial charge in [-0.15, -0.1) is 11.3 Å². The second kappa shape index (κ2) is 12.4. The monoisotopic (exact) mass is 537 g/mol. The number of amides is 1. The summed E-state index contributed by atoms with van der Waals surface area (Å²) in [5.41, 5.74) is 1.56. The zero-order valence-corrected chi connectivity index (χ0v) is 20.9. The molecule has 3 N–H and O–H groups in total. The number of benzene rings is 2. The predicted molar refractivity (Wildman–Crippen MR) is 124 cm³/mol. The predicted octanol–water partition coefficient (Wildman–Crippen LogP) is 2.84. The molecule has 0 aliphatic heterocycles. The second-order valence-corrected chi connectivity index (χ2v) is 11.4. The van der Waals surface area contributed by atoms with Gasteiger partial charge in [-0.25, -0.2) is 4.79 Å². The molecule has 176 valence electrons. The maximum absolute atomic E-state index is 11.3. The molecule has 33 heavy (non-hydrogen) atoms. The molecular weight excluding hydrogens is 513 g/mol. The summed E-state index contributed by atoms with van der Waals surface area (Å²) in [5.74, 6) is 0.276. The van der Waals surface area contributed by atoms with Crippen LogP contribution < -0.4 is 14.4 Å². The third-order valence-corrected chi connectivity index (χ3v) is 7.67. The Morgan fingerprint density at radius 3 is 2.33 bits per heavy atom. The van der Waals surface area contributed by atoms with Crippen molar-refractivity contribution >= 4 is 47.4 Å². The summed E-state index contributed by atoms with van der Waals surface area (Å²) >= 11 is -3.36. The molecule has 3 rings (SSSR count). The van der Waals surface area contributed by atoms with Crippen LogP contribution in [0.2, 0.25) is 0 Å². The Kier molecular flexibility index (Phi) is 9.90. The molecule has 0 aliphatic carbocycles. The number of esters is 1. The van der Waals surface area contributed by atoms with Gasteiger partial charge in [0.2, 0.25) is 0 Å². The number of carbonyl (C=O) groups is 2. The summed E-state index contributed by atoms with van der Waals surface area (Å²) in [6, 6.07) is 17.3. The molecule has 9 nitrogen and oxygen atoms in total. The van der Waals surface area contributed by atoms with Crippen molar-refractivity contribution in [2.45, 2.75) is 13.3 Å². The first-order valence-corrected chi connectivity index (χ1v) is 13.6. The minimum atomic E-state index is -4.83. The number of methoxy groups -OCH3 is 2. The number of carbonyl (C=O) groups excluding carboxylic acids is 2. The standard InChI is InChI=1S/C14H14O3S.C8H10AsNO5/c1-16-11-5-3-10(4-6-11)9-12-7-8-13(18-12)14(15)17-2;1-6(11)10-8-4-2-3-7(5-8)9(12,13)15-14/h3-8H,9H2,1-2H3;2-5,14H,1H3,(H,10,11)(H,12,13). The maximum Gasteiger partial charge on any atom is 0.348 e. The van der Waals surface area contributed by atoms with Gasteiger partial charge in [0.05, 0.1) is 14.2 Å². The molecule has 0 spiro atoms. The summed E-state index contributed by atoms with van der Waals surface area (Å²) < 4.78 is 33.7. The van der Waals surface area contributed by atoms with E-state index in [-0.39, 0.29) is 16.2 Å². The molecule has 1 heterocycles. The summed E-state index contributed by atoms with van der Waals surface area (Å²) in [6.45, 7) is 1.32. The fraction of sp³-hybridized carbons (Fsp3) is 0.182. The molecule has 3 aromatic rings. The van der Waals surface area contributed by atoms with Gasteiger partial charge in [0, 0.05) is 11.3 Å². The van der Waals surface area contributed by atoms with Crippen LogP contribution in [0.3, 0.4) is 0 Å². The molecule has 0 bridgehead atoms. The van der Waals surface area contributed by atoms with Gasteiger partial charge in [0.1, 0.15) is 10.6 Å². The number of hydrogen-bond acceptors (Lipinski definition) is 8. The van der Waals surface area contributed by atoms with E-state index in [0.29, 0.717) is 10.6 Å². The molecule has 1 atom stereocenters. The zero-order valence-electron chi connectivity index (χ0n) is 18.2. The largest absolute Gasteiger partial charge is 0.497 e. The summed E-state index contributed by atoms with van der Waals surface area (Å²) in [5, 5.41) is 10.7. The Bertz CT molecular complexity index is 1130. The van der Waals surface area contributed by atoms with E-state index in [9.17, 15) is 17.4 Å². The van der Waals surface area contributed by atoms with Gasteiger partial charge >= 0.3 is 94.4 Å². The first-order valence-electron chi connectivity index (χ1n) is 9.52. The van der Waals surface area contributed by atoms with Crippen molar-refractivity contribution in [1.29, 1.82) is 0 Å². The van der Waals surface area contributed by atoms with Crippen molar-refractivity contribution in [2.75, 3.05) is 19.5 Å². The molecule has 0 fully saturated rings. The SMILES string of the molecule is CC(=O)Nc1cccc([As](=O)(O)OO)c1.COC(=O)c1ccc(Cc2ccc(OC)cc2)s1. The van der Waals surface area contributed by atoms with E-state index in [1.165, 1.54) is 49.1 Å². The van der Waals surface area contributed by atoms with Gasteiger partial charge in [0.15, 0.2) is 0 Å². The molecule has 1 unspecified atom stereocenters.